The average molecular weight is 759 g/mol. The fourth-order valence-electron chi connectivity index (χ4n) is 6.76. The lowest BCUT2D eigenvalue weighted by atomic mass is 9.99. The van der Waals surface area contributed by atoms with E-state index >= 15 is 0 Å². The molecule has 1 rings (SSSR count). The standard InChI is InChI=1S/C42H78O11/c1-3-5-7-9-11-13-15-16-17-18-19-20-21-23-24-26-28-30-35(43)50-32-34(33-51-42-39(47)37(45)38(46)40(53-42)41(48)49)52-36(44)31-29-27-25-22-14-12-10-8-6-4-2/h34,37-40,42,45-47H,3-33H2,1-2H3,(H,48,49). The van der Waals surface area contributed by atoms with Crippen molar-refractivity contribution in [2.75, 3.05) is 13.2 Å². The summed E-state index contributed by atoms with van der Waals surface area (Å²) < 4.78 is 21.7. The van der Waals surface area contributed by atoms with Crippen molar-refractivity contribution in [3.05, 3.63) is 0 Å². The SMILES string of the molecule is CCCCCCCCCCCCCCCCCCCC(=O)OCC(COC1OC(C(=O)O)C(O)C(O)C1O)OC(=O)CCCCCCCCCCCC. The van der Waals surface area contributed by atoms with E-state index in [-0.39, 0.29) is 26.1 Å². The van der Waals surface area contributed by atoms with Gasteiger partial charge in [-0.25, -0.2) is 4.79 Å². The molecule has 0 aromatic carbocycles. The van der Waals surface area contributed by atoms with Gasteiger partial charge in [-0.15, -0.1) is 0 Å². The number of rotatable bonds is 36. The fraction of sp³-hybridized carbons (Fsp3) is 0.929. The number of carboxylic acids is 1. The Morgan fingerprint density at radius 2 is 0.887 bits per heavy atom. The zero-order chi connectivity index (χ0) is 38.9. The number of carbonyl (C=O) groups excluding carboxylic acids is 2. The molecule has 11 heteroatoms. The maximum absolute atomic E-state index is 12.7. The Morgan fingerprint density at radius 3 is 1.28 bits per heavy atom. The summed E-state index contributed by atoms with van der Waals surface area (Å²) in [7, 11) is 0. The van der Waals surface area contributed by atoms with Crippen LogP contribution < -0.4 is 0 Å². The third-order valence-corrected chi connectivity index (χ3v) is 10.2. The van der Waals surface area contributed by atoms with E-state index in [4.69, 9.17) is 18.9 Å². The maximum atomic E-state index is 12.7. The van der Waals surface area contributed by atoms with Crippen LogP contribution in [0, 0.1) is 0 Å². The van der Waals surface area contributed by atoms with Gasteiger partial charge in [0, 0.05) is 12.8 Å². The van der Waals surface area contributed by atoms with E-state index in [0.717, 1.165) is 38.5 Å². The number of unbranched alkanes of at least 4 members (excludes halogenated alkanes) is 25. The zero-order valence-corrected chi connectivity index (χ0v) is 33.5. The predicted octanol–water partition coefficient (Wildman–Crippen LogP) is 8.70. The van der Waals surface area contributed by atoms with Crippen molar-refractivity contribution < 1.29 is 53.8 Å². The van der Waals surface area contributed by atoms with Crippen LogP contribution in [0.5, 0.6) is 0 Å². The lowest BCUT2D eigenvalue weighted by molar-refractivity contribution is -0.298. The summed E-state index contributed by atoms with van der Waals surface area (Å²) in [5.74, 6) is -2.43. The van der Waals surface area contributed by atoms with Crippen molar-refractivity contribution in [3.8, 4) is 0 Å². The van der Waals surface area contributed by atoms with Crippen LogP contribution in [-0.4, -0.2) is 88.4 Å². The molecule has 0 saturated carbocycles. The van der Waals surface area contributed by atoms with Gasteiger partial charge in [0.05, 0.1) is 6.61 Å². The third-order valence-electron chi connectivity index (χ3n) is 10.2. The monoisotopic (exact) mass is 759 g/mol. The number of hydrogen-bond donors (Lipinski definition) is 4. The van der Waals surface area contributed by atoms with Crippen LogP contribution in [0.15, 0.2) is 0 Å². The normalized spacial score (nSPS) is 20.7. The van der Waals surface area contributed by atoms with Gasteiger partial charge in [0.25, 0.3) is 0 Å². The van der Waals surface area contributed by atoms with E-state index in [2.05, 4.69) is 13.8 Å². The summed E-state index contributed by atoms with van der Waals surface area (Å²) in [5, 5.41) is 39.7. The number of aliphatic carboxylic acids is 1. The van der Waals surface area contributed by atoms with Gasteiger partial charge in [-0.3, -0.25) is 9.59 Å². The molecule has 312 valence electrons. The Kier molecular flexibility index (Phi) is 31.2. The Morgan fingerprint density at radius 1 is 0.509 bits per heavy atom. The number of hydrogen-bond acceptors (Lipinski definition) is 10. The molecule has 1 saturated heterocycles. The second-order valence-electron chi connectivity index (χ2n) is 15.2. The molecular weight excluding hydrogens is 680 g/mol. The molecule has 4 N–H and O–H groups in total. The second-order valence-corrected chi connectivity index (χ2v) is 15.2. The van der Waals surface area contributed by atoms with Crippen LogP contribution in [0.4, 0.5) is 0 Å². The van der Waals surface area contributed by atoms with Crippen LogP contribution in [0.3, 0.4) is 0 Å². The Balaban J connectivity index is 2.34. The van der Waals surface area contributed by atoms with E-state index in [9.17, 15) is 34.8 Å². The van der Waals surface area contributed by atoms with Crippen LogP contribution in [0.2, 0.25) is 0 Å². The largest absolute Gasteiger partial charge is 0.479 e. The van der Waals surface area contributed by atoms with Gasteiger partial charge in [-0.1, -0.05) is 174 Å². The van der Waals surface area contributed by atoms with Crippen molar-refractivity contribution in [1.29, 1.82) is 0 Å². The average Bonchev–Trinajstić information content (AvgIpc) is 3.14. The highest BCUT2D eigenvalue weighted by Gasteiger charge is 2.47. The molecule has 0 aliphatic carbocycles. The van der Waals surface area contributed by atoms with E-state index in [1.807, 2.05) is 0 Å². The quantitative estimate of drug-likeness (QED) is 0.0356. The summed E-state index contributed by atoms with van der Waals surface area (Å²) in [5.41, 5.74) is 0. The van der Waals surface area contributed by atoms with E-state index in [0.29, 0.717) is 12.8 Å². The van der Waals surface area contributed by atoms with Crippen molar-refractivity contribution >= 4 is 17.9 Å². The molecule has 0 bridgehead atoms. The molecule has 1 aliphatic heterocycles. The first kappa shape index (κ1) is 49.2. The molecular formula is C42H78O11. The number of ether oxygens (including phenoxy) is 4. The number of aliphatic hydroxyl groups is 3. The summed E-state index contributed by atoms with van der Waals surface area (Å²) in [6, 6.07) is 0. The van der Waals surface area contributed by atoms with Gasteiger partial charge in [0.2, 0.25) is 0 Å². The minimum absolute atomic E-state index is 0.189. The topological polar surface area (TPSA) is 169 Å². The van der Waals surface area contributed by atoms with E-state index in [1.165, 1.54) is 122 Å². The minimum atomic E-state index is -1.85. The summed E-state index contributed by atoms with van der Waals surface area (Å²) in [4.78, 5) is 36.7. The van der Waals surface area contributed by atoms with Gasteiger partial charge in [-0.05, 0) is 12.8 Å². The molecule has 11 nitrogen and oxygen atoms in total. The molecule has 0 amide bonds. The summed E-state index contributed by atoms with van der Waals surface area (Å²) in [6.45, 7) is 3.80. The number of aliphatic hydroxyl groups excluding tert-OH is 3. The molecule has 6 unspecified atom stereocenters. The number of carboxylic acid groups (broad SMARTS) is 1. The van der Waals surface area contributed by atoms with Gasteiger partial charge < -0.3 is 39.4 Å². The molecule has 1 fully saturated rings. The van der Waals surface area contributed by atoms with E-state index < -0.39 is 54.7 Å². The molecule has 0 spiro atoms. The van der Waals surface area contributed by atoms with Gasteiger partial charge in [0.1, 0.15) is 24.9 Å². The van der Waals surface area contributed by atoms with Crippen LogP contribution >= 0.6 is 0 Å². The molecule has 0 aromatic rings. The minimum Gasteiger partial charge on any atom is -0.479 e. The summed E-state index contributed by atoms with van der Waals surface area (Å²) >= 11 is 0. The number of carbonyl (C=O) groups is 3. The first-order chi connectivity index (χ1) is 25.7. The Hall–Kier alpha value is -1.79. The van der Waals surface area contributed by atoms with Crippen LogP contribution in [0.25, 0.3) is 0 Å². The maximum Gasteiger partial charge on any atom is 0.335 e. The molecule has 1 heterocycles. The lowest BCUT2D eigenvalue weighted by Gasteiger charge is -2.38. The Bertz CT molecular complexity index is 900. The van der Waals surface area contributed by atoms with Gasteiger partial charge in [-0.2, -0.15) is 0 Å². The smallest absolute Gasteiger partial charge is 0.335 e. The first-order valence-electron chi connectivity index (χ1n) is 21.6. The van der Waals surface area contributed by atoms with Crippen molar-refractivity contribution in [1.82, 2.24) is 0 Å². The van der Waals surface area contributed by atoms with Crippen LogP contribution in [-0.2, 0) is 33.3 Å². The van der Waals surface area contributed by atoms with E-state index in [1.54, 1.807) is 0 Å². The van der Waals surface area contributed by atoms with Gasteiger partial charge in [0.15, 0.2) is 18.5 Å². The Labute approximate surface area is 321 Å². The fourth-order valence-corrected chi connectivity index (χ4v) is 6.76. The second kappa shape index (κ2) is 33.5. The molecule has 0 aromatic heterocycles. The molecule has 6 atom stereocenters. The zero-order valence-electron chi connectivity index (χ0n) is 33.5. The predicted molar refractivity (Wildman–Crippen MR) is 206 cm³/mol. The van der Waals surface area contributed by atoms with Crippen molar-refractivity contribution in [3.63, 3.8) is 0 Å². The van der Waals surface area contributed by atoms with Crippen LogP contribution in [0.1, 0.15) is 200 Å². The highest BCUT2D eigenvalue weighted by atomic mass is 16.7. The van der Waals surface area contributed by atoms with Crippen molar-refractivity contribution in [2.24, 2.45) is 0 Å². The molecule has 0 radical (unpaired) electrons. The highest BCUT2D eigenvalue weighted by molar-refractivity contribution is 5.73. The van der Waals surface area contributed by atoms with Crippen molar-refractivity contribution in [2.45, 2.75) is 237 Å². The molecule has 53 heavy (non-hydrogen) atoms. The highest BCUT2D eigenvalue weighted by Crippen LogP contribution is 2.23. The third kappa shape index (κ3) is 25.8. The van der Waals surface area contributed by atoms with Gasteiger partial charge >= 0.3 is 17.9 Å². The first-order valence-corrected chi connectivity index (χ1v) is 21.6. The summed E-state index contributed by atoms with van der Waals surface area (Å²) in [6.07, 6.45) is 23.1. The lowest BCUT2D eigenvalue weighted by Crippen LogP contribution is -2.60. The number of esters is 2. The molecule has 1 aliphatic rings.